The molecule has 0 atom stereocenters. The lowest BCUT2D eigenvalue weighted by molar-refractivity contribution is -0.136. The van der Waals surface area contributed by atoms with Crippen molar-refractivity contribution < 1.29 is 18.0 Å². The molecule has 0 saturated heterocycles. The Labute approximate surface area is 143 Å². The zero-order valence-corrected chi connectivity index (χ0v) is 14.6. The van der Waals surface area contributed by atoms with Crippen LogP contribution in [0.2, 0.25) is 5.02 Å². The fourth-order valence-corrected chi connectivity index (χ4v) is 4.51. The number of amides is 1. The lowest BCUT2D eigenvalue weighted by atomic mass is 10.1. The summed E-state index contributed by atoms with van der Waals surface area (Å²) in [6.07, 6.45) is -4.61. The van der Waals surface area contributed by atoms with E-state index in [-0.39, 0.29) is 16.3 Å². The van der Waals surface area contributed by atoms with Crippen molar-refractivity contribution in [1.82, 2.24) is 0 Å². The molecule has 2 aromatic rings. The monoisotopic (exact) mass is 461 g/mol. The van der Waals surface area contributed by atoms with Crippen LogP contribution in [0.25, 0.3) is 0 Å². The number of nitrogens with one attached hydrogen (secondary N) is 1. The topological polar surface area (TPSA) is 29.1 Å². The van der Waals surface area contributed by atoms with Crippen LogP contribution in [-0.4, -0.2) is 5.91 Å². The Morgan fingerprint density at radius 1 is 1.24 bits per heavy atom. The second-order valence-electron chi connectivity index (χ2n) is 3.88. The Kier molecular flexibility index (Phi) is 5.02. The minimum Gasteiger partial charge on any atom is -0.321 e. The number of carbonyl (C=O) groups excluding carboxylic acids is 1. The highest BCUT2D eigenvalue weighted by atomic mass is 79.9. The van der Waals surface area contributed by atoms with E-state index >= 15 is 0 Å². The molecule has 1 heterocycles. The predicted molar refractivity (Wildman–Crippen MR) is 84.1 cm³/mol. The third-order valence-electron chi connectivity index (χ3n) is 2.44. The lowest BCUT2D eigenvalue weighted by Crippen LogP contribution is -2.16. The summed E-state index contributed by atoms with van der Waals surface area (Å²) in [4.78, 5) is 12.1. The number of benzene rings is 1. The molecule has 2 nitrogen and oxygen atoms in total. The number of halogens is 6. The Morgan fingerprint density at radius 2 is 1.90 bits per heavy atom. The molecular formula is C12H5Br2ClF3NOS. The largest absolute Gasteiger partial charge is 0.418 e. The van der Waals surface area contributed by atoms with Crippen molar-refractivity contribution in [1.29, 1.82) is 0 Å². The summed E-state index contributed by atoms with van der Waals surface area (Å²) in [5.74, 6) is -0.642. The molecule has 1 aromatic heterocycles. The summed E-state index contributed by atoms with van der Waals surface area (Å²) in [5, 5.41) is 2.20. The zero-order valence-electron chi connectivity index (χ0n) is 9.89. The maximum absolute atomic E-state index is 12.9. The third kappa shape index (κ3) is 4.00. The molecule has 9 heteroatoms. The van der Waals surface area contributed by atoms with Crippen LogP contribution in [0.15, 0.2) is 31.8 Å². The van der Waals surface area contributed by atoms with E-state index in [1.165, 1.54) is 23.5 Å². The number of rotatable bonds is 2. The van der Waals surface area contributed by atoms with Gasteiger partial charge in [0.2, 0.25) is 0 Å². The van der Waals surface area contributed by atoms with E-state index in [1.54, 1.807) is 0 Å². The quantitative estimate of drug-likeness (QED) is 0.565. The molecular weight excluding hydrogens is 458 g/mol. The van der Waals surface area contributed by atoms with Gasteiger partial charge in [-0.05, 0) is 56.1 Å². The summed E-state index contributed by atoms with van der Waals surface area (Å²) in [5.41, 5.74) is -1.09. The summed E-state index contributed by atoms with van der Waals surface area (Å²) < 4.78 is 40.0. The smallest absolute Gasteiger partial charge is 0.321 e. The molecule has 0 fully saturated rings. The van der Waals surface area contributed by atoms with Crippen molar-refractivity contribution in [3.8, 4) is 0 Å². The van der Waals surface area contributed by atoms with Crippen molar-refractivity contribution in [3.63, 3.8) is 0 Å². The molecule has 0 aliphatic carbocycles. The summed E-state index contributed by atoms with van der Waals surface area (Å²) in [7, 11) is 0. The first-order valence-electron chi connectivity index (χ1n) is 5.31. The molecule has 2 rings (SSSR count). The summed E-state index contributed by atoms with van der Waals surface area (Å²) in [6, 6.07) is 4.70. The Morgan fingerprint density at radius 3 is 2.43 bits per heavy atom. The molecule has 0 radical (unpaired) electrons. The van der Waals surface area contributed by atoms with Gasteiger partial charge in [-0.25, -0.2) is 0 Å². The van der Waals surface area contributed by atoms with Gasteiger partial charge in [-0.3, -0.25) is 4.79 Å². The number of hydrogen-bond acceptors (Lipinski definition) is 2. The molecule has 1 aromatic carbocycles. The number of alkyl halides is 3. The highest BCUT2D eigenvalue weighted by molar-refractivity contribution is 9.12. The van der Waals surface area contributed by atoms with Gasteiger partial charge in [-0.2, -0.15) is 13.2 Å². The number of carbonyl (C=O) groups is 1. The van der Waals surface area contributed by atoms with Crippen molar-refractivity contribution in [3.05, 3.63) is 48.0 Å². The van der Waals surface area contributed by atoms with Crippen LogP contribution in [0.3, 0.4) is 0 Å². The van der Waals surface area contributed by atoms with Crippen LogP contribution < -0.4 is 5.32 Å². The number of hydrogen-bond donors (Lipinski definition) is 1. The van der Waals surface area contributed by atoms with Gasteiger partial charge in [0.05, 0.1) is 24.4 Å². The maximum Gasteiger partial charge on any atom is 0.418 e. The van der Waals surface area contributed by atoms with Crippen LogP contribution in [0.5, 0.6) is 0 Å². The summed E-state index contributed by atoms with van der Waals surface area (Å²) in [6.45, 7) is 0. The molecule has 0 saturated carbocycles. The van der Waals surface area contributed by atoms with Crippen LogP contribution in [0.4, 0.5) is 18.9 Å². The molecule has 0 unspecified atom stereocenters. The average Bonchev–Trinajstić information content (AvgIpc) is 2.69. The second-order valence-corrected chi connectivity index (χ2v) is 8.07. The van der Waals surface area contributed by atoms with Gasteiger partial charge >= 0.3 is 6.18 Å². The first-order chi connectivity index (χ1) is 9.68. The Balaban J connectivity index is 2.36. The highest BCUT2D eigenvalue weighted by Gasteiger charge is 2.34. The highest BCUT2D eigenvalue weighted by Crippen LogP contribution is 2.37. The Bertz CT molecular complexity index is 702. The molecule has 21 heavy (non-hydrogen) atoms. The molecule has 0 aliphatic heterocycles. The van der Waals surface area contributed by atoms with Gasteiger partial charge in [0.15, 0.2) is 0 Å². The lowest BCUT2D eigenvalue weighted by Gasteiger charge is -2.14. The number of thiophene rings is 1. The van der Waals surface area contributed by atoms with E-state index in [2.05, 4.69) is 37.2 Å². The van der Waals surface area contributed by atoms with E-state index in [0.29, 0.717) is 7.57 Å². The van der Waals surface area contributed by atoms with Crippen LogP contribution in [0, 0.1) is 0 Å². The fourth-order valence-electron chi connectivity index (χ4n) is 1.54. The van der Waals surface area contributed by atoms with Crippen LogP contribution in [-0.2, 0) is 6.18 Å². The first-order valence-corrected chi connectivity index (χ1v) is 8.09. The molecule has 112 valence electrons. The van der Waals surface area contributed by atoms with E-state index in [0.717, 1.165) is 12.1 Å². The number of anilines is 1. The van der Waals surface area contributed by atoms with E-state index < -0.39 is 17.6 Å². The normalized spacial score (nSPS) is 11.5. The van der Waals surface area contributed by atoms with Crippen molar-refractivity contribution in [2.24, 2.45) is 0 Å². The zero-order chi connectivity index (χ0) is 15.8. The van der Waals surface area contributed by atoms with Crippen molar-refractivity contribution in [2.75, 3.05) is 5.32 Å². The minimum absolute atomic E-state index is 0.0558. The molecule has 0 aliphatic rings. The minimum atomic E-state index is -4.61. The van der Waals surface area contributed by atoms with Gasteiger partial charge < -0.3 is 5.32 Å². The fraction of sp³-hybridized carbons (Fsp3) is 0.0833. The van der Waals surface area contributed by atoms with Gasteiger partial charge in [0.1, 0.15) is 0 Å². The summed E-state index contributed by atoms with van der Waals surface area (Å²) >= 11 is 13.2. The predicted octanol–water partition coefficient (Wildman–Crippen LogP) is 6.20. The Hall–Kier alpha value is -0.570. The first kappa shape index (κ1) is 16.8. The van der Waals surface area contributed by atoms with E-state index in [4.69, 9.17) is 11.6 Å². The molecule has 1 N–H and O–H groups in total. The maximum atomic E-state index is 12.9. The van der Waals surface area contributed by atoms with E-state index in [1.807, 2.05) is 0 Å². The van der Waals surface area contributed by atoms with Crippen LogP contribution >= 0.6 is 54.8 Å². The standard InChI is InChI=1S/C12H5Br2ClF3NOS/c13-9-4-6(10(14)21-9)11(20)19-8-2-1-5(15)3-7(8)12(16,17)18/h1-4H,(H,19,20). The third-order valence-corrected chi connectivity index (χ3v) is 5.01. The SMILES string of the molecule is O=C(Nc1ccc(Cl)cc1C(F)(F)F)c1cc(Br)sc1Br. The van der Waals surface area contributed by atoms with E-state index in [9.17, 15) is 18.0 Å². The van der Waals surface area contributed by atoms with Gasteiger partial charge in [-0.15, -0.1) is 11.3 Å². The van der Waals surface area contributed by atoms with Crippen molar-refractivity contribution in [2.45, 2.75) is 6.18 Å². The molecule has 0 bridgehead atoms. The molecule has 1 amide bonds. The molecule has 0 spiro atoms. The van der Waals surface area contributed by atoms with Gasteiger partial charge in [0, 0.05) is 5.02 Å². The van der Waals surface area contributed by atoms with Crippen LogP contribution in [0.1, 0.15) is 15.9 Å². The van der Waals surface area contributed by atoms with Gasteiger partial charge in [0.25, 0.3) is 5.91 Å². The van der Waals surface area contributed by atoms with Gasteiger partial charge in [-0.1, -0.05) is 11.6 Å². The van der Waals surface area contributed by atoms with Crippen molar-refractivity contribution >= 4 is 66.4 Å². The second kappa shape index (κ2) is 6.28. The average molecular weight is 464 g/mol.